The lowest BCUT2D eigenvalue weighted by Crippen LogP contribution is -2.48. The maximum atomic E-state index is 12.4. The maximum absolute atomic E-state index is 12.4. The van der Waals surface area contributed by atoms with Crippen LogP contribution in [0.3, 0.4) is 0 Å². The van der Waals surface area contributed by atoms with E-state index in [0.717, 1.165) is 25.7 Å². The molecule has 1 heterocycles. The Balaban J connectivity index is 1.96. The first-order valence-corrected chi connectivity index (χ1v) is 6.53. The number of carbonyl (C=O) groups excluding carboxylic acids is 1. The summed E-state index contributed by atoms with van der Waals surface area (Å²) in [4.78, 5) is 26.3. The number of carboxylic acids is 1. The zero-order chi connectivity index (χ0) is 13.1. The van der Waals surface area contributed by atoms with Gasteiger partial charge in [0.1, 0.15) is 0 Å². The van der Waals surface area contributed by atoms with Crippen molar-refractivity contribution in [1.29, 1.82) is 0 Å². The van der Waals surface area contributed by atoms with Crippen LogP contribution < -0.4 is 0 Å². The Kier molecular flexibility index (Phi) is 4.06. The van der Waals surface area contributed by atoms with E-state index in [2.05, 4.69) is 0 Å². The van der Waals surface area contributed by atoms with E-state index in [1.165, 1.54) is 0 Å². The van der Waals surface area contributed by atoms with Crippen molar-refractivity contribution < 1.29 is 19.8 Å². The van der Waals surface area contributed by atoms with Gasteiger partial charge in [0.2, 0.25) is 0 Å². The summed E-state index contributed by atoms with van der Waals surface area (Å²) < 4.78 is 0. The van der Waals surface area contributed by atoms with Crippen molar-refractivity contribution in [1.82, 2.24) is 9.80 Å². The molecule has 2 amide bonds. The standard InChI is InChI=1S/C12H20N2O4/c15-8-10-2-1-6-13(10)12(18)14(9-3-4-9)7-5-11(16)17/h9-10,15H,1-8H2,(H,16,17). The average molecular weight is 256 g/mol. The molecule has 6 nitrogen and oxygen atoms in total. The molecule has 0 aromatic carbocycles. The molecule has 6 heteroatoms. The number of nitrogens with zero attached hydrogens (tertiary/aromatic N) is 2. The van der Waals surface area contributed by atoms with Gasteiger partial charge in [-0.05, 0) is 25.7 Å². The Morgan fingerprint density at radius 1 is 1.28 bits per heavy atom. The molecule has 2 rings (SSSR count). The molecule has 18 heavy (non-hydrogen) atoms. The van der Waals surface area contributed by atoms with Gasteiger partial charge in [0.25, 0.3) is 0 Å². The number of aliphatic carboxylic acids is 1. The van der Waals surface area contributed by atoms with Crippen LogP contribution in [0.25, 0.3) is 0 Å². The fraction of sp³-hybridized carbons (Fsp3) is 0.833. The van der Waals surface area contributed by atoms with Gasteiger partial charge in [-0.2, -0.15) is 0 Å². The SMILES string of the molecule is O=C(O)CCN(C(=O)N1CCCC1CO)C1CC1. The van der Waals surface area contributed by atoms with Crippen molar-refractivity contribution in [3.05, 3.63) is 0 Å². The number of carbonyl (C=O) groups is 2. The lowest BCUT2D eigenvalue weighted by molar-refractivity contribution is -0.137. The van der Waals surface area contributed by atoms with Crippen LogP contribution in [0.15, 0.2) is 0 Å². The molecular weight excluding hydrogens is 236 g/mol. The zero-order valence-electron chi connectivity index (χ0n) is 10.4. The summed E-state index contributed by atoms with van der Waals surface area (Å²) in [6.07, 6.45) is 3.65. The largest absolute Gasteiger partial charge is 0.481 e. The molecule has 0 aromatic rings. The molecule has 1 saturated carbocycles. The first kappa shape index (κ1) is 13.1. The summed E-state index contributed by atoms with van der Waals surface area (Å²) >= 11 is 0. The van der Waals surface area contributed by atoms with Crippen molar-refractivity contribution in [2.45, 2.75) is 44.2 Å². The van der Waals surface area contributed by atoms with Crippen molar-refractivity contribution in [2.24, 2.45) is 0 Å². The van der Waals surface area contributed by atoms with Crippen LogP contribution in [0.2, 0.25) is 0 Å². The third kappa shape index (κ3) is 2.93. The lowest BCUT2D eigenvalue weighted by atomic mass is 10.2. The van der Waals surface area contributed by atoms with Crippen molar-refractivity contribution >= 4 is 12.0 Å². The number of aliphatic hydroxyl groups is 1. The monoisotopic (exact) mass is 256 g/mol. The fourth-order valence-corrected chi connectivity index (χ4v) is 2.48. The number of urea groups is 1. The molecule has 0 radical (unpaired) electrons. The van der Waals surface area contributed by atoms with Crippen molar-refractivity contribution in [3.8, 4) is 0 Å². The molecule has 102 valence electrons. The van der Waals surface area contributed by atoms with Crippen LogP contribution in [0.1, 0.15) is 32.1 Å². The van der Waals surface area contributed by atoms with Crippen molar-refractivity contribution in [2.75, 3.05) is 19.7 Å². The Morgan fingerprint density at radius 3 is 2.56 bits per heavy atom. The number of hydrogen-bond donors (Lipinski definition) is 2. The molecule has 2 fully saturated rings. The molecule has 1 aliphatic carbocycles. The molecule has 0 bridgehead atoms. The van der Waals surface area contributed by atoms with Crippen LogP contribution >= 0.6 is 0 Å². The smallest absolute Gasteiger partial charge is 0.320 e. The van der Waals surface area contributed by atoms with E-state index in [9.17, 15) is 14.7 Å². The molecule has 2 N–H and O–H groups in total. The number of amides is 2. The van der Waals surface area contributed by atoms with Crippen LogP contribution in [0.5, 0.6) is 0 Å². The number of carboxylic acid groups (broad SMARTS) is 1. The highest BCUT2D eigenvalue weighted by atomic mass is 16.4. The summed E-state index contributed by atoms with van der Waals surface area (Å²) in [6.45, 7) is 0.928. The number of hydrogen-bond acceptors (Lipinski definition) is 3. The average Bonchev–Trinajstić information content (AvgIpc) is 3.06. The molecule has 1 unspecified atom stereocenters. The van der Waals surface area contributed by atoms with Gasteiger partial charge >= 0.3 is 12.0 Å². The van der Waals surface area contributed by atoms with E-state index in [-0.39, 0.29) is 37.7 Å². The first-order chi connectivity index (χ1) is 8.63. The topological polar surface area (TPSA) is 81.1 Å². The van der Waals surface area contributed by atoms with Crippen LogP contribution in [0.4, 0.5) is 4.79 Å². The molecule has 0 aromatic heterocycles. The summed E-state index contributed by atoms with van der Waals surface area (Å²) in [7, 11) is 0. The summed E-state index contributed by atoms with van der Waals surface area (Å²) in [5, 5.41) is 18.0. The van der Waals surface area contributed by atoms with Gasteiger partial charge < -0.3 is 20.0 Å². The fourth-order valence-electron chi connectivity index (χ4n) is 2.48. The van der Waals surface area contributed by atoms with Gasteiger partial charge in [-0.15, -0.1) is 0 Å². The minimum Gasteiger partial charge on any atom is -0.481 e. The Bertz CT molecular complexity index is 330. The maximum Gasteiger partial charge on any atom is 0.320 e. The van der Waals surface area contributed by atoms with E-state index >= 15 is 0 Å². The second-order valence-electron chi connectivity index (χ2n) is 5.02. The molecule has 0 spiro atoms. The van der Waals surface area contributed by atoms with Crippen LogP contribution in [0, 0.1) is 0 Å². The second kappa shape index (κ2) is 5.56. The molecule has 2 aliphatic rings. The Morgan fingerprint density at radius 2 is 2.00 bits per heavy atom. The first-order valence-electron chi connectivity index (χ1n) is 6.53. The summed E-state index contributed by atoms with van der Waals surface area (Å²) in [5.41, 5.74) is 0. The number of aliphatic hydroxyl groups excluding tert-OH is 1. The van der Waals surface area contributed by atoms with Crippen LogP contribution in [-0.2, 0) is 4.79 Å². The minimum atomic E-state index is -0.881. The number of likely N-dealkylation sites (tertiary alicyclic amines) is 1. The predicted molar refractivity (Wildman–Crippen MR) is 64.2 cm³/mol. The Labute approximate surface area is 106 Å². The summed E-state index contributed by atoms with van der Waals surface area (Å²) in [5.74, 6) is -0.881. The third-order valence-corrected chi connectivity index (χ3v) is 3.63. The third-order valence-electron chi connectivity index (χ3n) is 3.63. The zero-order valence-corrected chi connectivity index (χ0v) is 10.4. The van der Waals surface area contributed by atoms with Crippen LogP contribution in [-0.4, -0.2) is 63.8 Å². The highest BCUT2D eigenvalue weighted by molar-refractivity contribution is 5.76. The van der Waals surface area contributed by atoms with E-state index in [4.69, 9.17) is 5.11 Å². The van der Waals surface area contributed by atoms with Gasteiger partial charge in [-0.25, -0.2) is 4.79 Å². The van der Waals surface area contributed by atoms with Crippen molar-refractivity contribution in [3.63, 3.8) is 0 Å². The van der Waals surface area contributed by atoms with Gasteiger partial charge in [-0.3, -0.25) is 4.79 Å². The van der Waals surface area contributed by atoms with E-state index in [1.54, 1.807) is 9.80 Å². The predicted octanol–water partition coefficient (Wildman–Crippen LogP) is 0.502. The highest BCUT2D eigenvalue weighted by Gasteiger charge is 2.38. The van der Waals surface area contributed by atoms with Gasteiger partial charge in [0, 0.05) is 19.1 Å². The molecule has 1 saturated heterocycles. The molecule has 1 atom stereocenters. The molecular formula is C12H20N2O4. The van der Waals surface area contributed by atoms with Gasteiger partial charge in [-0.1, -0.05) is 0 Å². The highest BCUT2D eigenvalue weighted by Crippen LogP contribution is 2.29. The van der Waals surface area contributed by atoms with E-state index in [0.29, 0.717) is 6.54 Å². The quantitative estimate of drug-likeness (QED) is 0.750. The summed E-state index contributed by atoms with van der Waals surface area (Å²) in [6, 6.07) is 0.00988. The van der Waals surface area contributed by atoms with Gasteiger partial charge in [0.15, 0.2) is 0 Å². The van der Waals surface area contributed by atoms with E-state index in [1.807, 2.05) is 0 Å². The van der Waals surface area contributed by atoms with Gasteiger partial charge in [0.05, 0.1) is 19.1 Å². The number of rotatable bonds is 5. The lowest BCUT2D eigenvalue weighted by Gasteiger charge is -2.31. The Hall–Kier alpha value is -1.30. The minimum absolute atomic E-state index is 0.0107. The molecule has 1 aliphatic heterocycles. The van der Waals surface area contributed by atoms with E-state index < -0.39 is 5.97 Å². The normalized spacial score (nSPS) is 23.2. The second-order valence-corrected chi connectivity index (χ2v) is 5.02.